The van der Waals surface area contributed by atoms with E-state index < -0.39 is 0 Å². The molecule has 3 rings (SSSR count). The molecule has 0 aromatic heterocycles. The van der Waals surface area contributed by atoms with E-state index in [0.29, 0.717) is 6.73 Å². The van der Waals surface area contributed by atoms with Crippen LogP contribution in [-0.4, -0.2) is 24.6 Å². The Bertz CT molecular complexity index is 614. The van der Waals surface area contributed by atoms with Crippen molar-refractivity contribution in [1.82, 2.24) is 0 Å². The highest BCUT2D eigenvalue weighted by molar-refractivity contribution is 5.85. The van der Waals surface area contributed by atoms with Gasteiger partial charge >= 0.3 is 0 Å². The van der Waals surface area contributed by atoms with Crippen LogP contribution in [0.4, 0.5) is 0 Å². The fraction of sp³-hybridized carbons (Fsp3) is 0.188. The molecule has 0 unspecified atom stereocenters. The van der Waals surface area contributed by atoms with Crippen LogP contribution in [0.5, 0.6) is 5.75 Å². The Balaban J connectivity index is 2.15. The topological polar surface area (TPSA) is 12.2 Å². The molecule has 0 saturated carbocycles. The average Bonchev–Trinajstić information content (AvgIpc) is 2.39. The molecule has 0 N–H and O–H groups in total. The molecule has 2 nitrogen and oxygen atoms in total. The van der Waals surface area contributed by atoms with Gasteiger partial charge in [-0.15, -0.1) is 0 Å². The highest BCUT2D eigenvalue weighted by Gasteiger charge is 2.17. The van der Waals surface area contributed by atoms with Crippen LogP contribution in [0.25, 0.3) is 11.1 Å². The van der Waals surface area contributed by atoms with Crippen LogP contribution in [0.1, 0.15) is 11.1 Å². The summed E-state index contributed by atoms with van der Waals surface area (Å²) in [6.45, 7) is 2.73. The zero-order valence-electron chi connectivity index (χ0n) is 10.7. The Hall–Kier alpha value is -2.09. The molecule has 0 amide bonds. The van der Waals surface area contributed by atoms with Crippen molar-refractivity contribution >= 4 is 6.21 Å². The van der Waals surface area contributed by atoms with Gasteiger partial charge in [0.05, 0.1) is 5.56 Å². The quantitative estimate of drug-likeness (QED) is 0.695. The number of aryl methyl sites for hydroxylation is 1. The minimum absolute atomic E-state index is 0.624. The van der Waals surface area contributed by atoms with Crippen LogP contribution in [0.15, 0.2) is 42.5 Å². The molecule has 0 atom stereocenters. The van der Waals surface area contributed by atoms with Crippen molar-refractivity contribution in [3.05, 3.63) is 53.6 Å². The van der Waals surface area contributed by atoms with Crippen LogP contribution in [0.2, 0.25) is 0 Å². The van der Waals surface area contributed by atoms with Gasteiger partial charge in [0.25, 0.3) is 6.73 Å². The highest BCUT2D eigenvalue weighted by Crippen LogP contribution is 2.30. The number of ether oxygens (including phenoxy) is 1. The lowest BCUT2D eigenvalue weighted by Gasteiger charge is -2.15. The van der Waals surface area contributed by atoms with Crippen LogP contribution in [-0.2, 0) is 0 Å². The number of rotatable bonds is 1. The first-order valence-corrected chi connectivity index (χ1v) is 6.12. The molecule has 1 aliphatic rings. The average molecular weight is 238 g/mol. The lowest BCUT2D eigenvalue weighted by molar-refractivity contribution is -0.528. The van der Waals surface area contributed by atoms with Crippen molar-refractivity contribution in [2.75, 3.05) is 13.8 Å². The summed E-state index contributed by atoms with van der Waals surface area (Å²) in [5.41, 5.74) is 4.82. The first kappa shape index (κ1) is 11.0. The Morgan fingerprint density at radius 1 is 1.06 bits per heavy atom. The molecule has 0 radical (unpaired) electrons. The summed E-state index contributed by atoms with van der Waals surface area (Å²) in [5, 5.41) is 0. The van der Waals surface area contributed by atoms with Crippen molar-refractivity contribution in [3.63, 3.8) is 0 Å². The van der Waals surface area contributed by atoms with Crippen molar-refractivity contribution < 1.29 is 9.31 Å². The van der Waals surface area contributed by atoms with Crippen LogP contribution >= 0.6 is 0 Å². The van der Waals surface area contributed by atoms with E-state index in [4.69, 9.17) is 4.74 Å². The van der Waals surface area contributed by atoms with E-state index in [1.54, 1.807) is 0 Å². The SMILES string of the molecule is Cc1cc(-c2ccccc2)cc2c1OC[N+](C)=C2. The molecular weight excluding hydrogens is 222 g/mol. The first-order valence-electron chi connectivity index (χ1n) is 6.12. The fourth-order valence-electron chi connectivity index (χ4n) is 2.33. The van der Waals surface area contributed by atoms with Gasteiger partial charge < -0.3 is 4.74 Å². The third-order valence-corrected chi connectivity index (χ3v) is 3.18. The molecule has 0 bridgehead atoms. The lowest BCUT2D eigenvalue weighted by atomic mass is 9.99. The van der Waals surface area contributed by atoms with Gasteiger partial charge in [0.15, 0.2) is 6.21 Å². The Labute approximate surface area is 107 Å². The van der Waals surface area contributed by atoms with Gasteiger partial charge in [0.2, 0.25) is 0 Å². The molecule has 1 heterocycles. The van der Waals surface area contributed by atoms with E-state index in [9.17, 15) is 0 Å². The number of benzene rings is 2. The first-order chi connectivity index (χ1) is 8.74. The maximum absolute atomic E-state index is 5.75. The molecule has 0 fully saturated rings. The van der Waals surface area contributed by atoms with E-state index in [-0.39, 0.29) is 0 Å². The summed E-state index contributed by atoms with van der Waals surface area (Å²) in [5.74, 6) is 1.01. The Morgan fingerprint density at radius 2 is 1.83 bits per heavy atom. The van der Waals surface area contributed by atoms with Crippen LogP contribution in [0, 0.1) is 6.92 Å². The standard InChI is InChI=1S/C16H16NO/c1-12-8-14(13-6-4-3-5-7-13)9-15-10-17(2)11-18-16(12)15/h3-10H,11H2,1-2H3/q+1. The van der Waals surface area contributed by atoms with Gasteiger partial charge in [-0.1, -0.05) is 30.3 Å². The number of hydrogen-bond acceptors (Lipinski definition) is 1. The number of nitrogens with zero attached hydrogens (tertiary/aromatic N) is 1. The smallest absolute Gasteiger partial charge is 0.286 e. The van der Waals surface area contributed by atoms with Crippen molar-refractivity contribution in [2.45, 2.75) is 6.92 Å². The molecule has 2 aromatic carbocycles. The molecular formula is C16H16NO+. The molecule has 2 aromatic rings. The second-order valence-electron chi connectivity index (χ2n) is 4.74. The monoisotopic (exact) mass is 238 g/mol. The minimum Gasteiger partial charge on any atom is -0.435 e. The zero-order valence-corrected chi connectivity index (χ0v) is 10.7. The lowest BCUT2D eigenvalue weighted by Crippen LogP contribution is -2.21. The van der Waals surface area contributed by atoms with Gasteiger partial charge in [-0.3, -0.25) is 0 Å². The Morgan fingerprint density at radius 3 is 2.61 bits per heavy atom. The normalized spacial score (nSPS) is 13.6. The summed E-state index contributed by atoms with van der Waals surface area (Å²) >= 11 is 0. The molecule has 0 saturated heterocycles. The number of fused-ring (bicyclic) bond motifs is 1. The molecule has 90 valence electrons. The van der Waals surface area contributed by atoms with E-state index in [2.05, 4.69) is 54.1 Å². The van der Waals surface area contributed by atoms with Gasteiger partial charge in [0.1, 0.15) is 12.8 Å². The van der Waals surface area contributed by atoms with Gasteiger partial charge in [-0.2, -0.15) is 0 Å². The van der Waals surface area contributed by atoms with Crippen molar-refractivity contribution in [3.8, 4) is 16.9 Å². The summed E-state index contributed by atoms with van der Waals surface area (Å²) in [7, 11) is 2.02. The second kappa shape index (κ2) is 4.30. The number of hydrogen-bond donors (Lipinski definition) is 0. The summed E-state index contributed by atoms with van der Waals surface area (Å²) < 4.78 is 7.80. The molecule has 2 heteroatoms. The predicted molar refractivity (Wildman–Crippen MR) is 73.5 cm³/mol. The van der Waals surface area contributed by atoms with Crippen molar-refractivity contribution in [2.24, 2.45) is 0 Å². The van der Waals surface area contributed by atoms with Gasteiger partial charge in [0, 0.05) is 0 Å². The molecule has 0 aliphatic carbocycles. The predicted octanol–water partition coefficient (Wildman–Crippen LogP) is 3.07. The largest absolute Gasteiger partial charge is 0.435 e. The van der Waals surface area contributed by atoms with E-state index in [0.717, 1.165) is 11.3 Å². The third kappa shape index (κ3) is 1.90. The van der Waals surface area contributed by atoms with Crippen LogP contribution in [0.3, 0.4) is 0 Å². The summed E-state index contributed by atoms with van der Waals surface area (Å²) in [6.07, 6.45) is 2.14. The zero-order chi connectivity index (χ0) is 12.5. The minimum atomic E-state index is 0.624. The van der Waals surface area contributed by atoms with Gasteiger partial charge in [-0.05, 0) is 35.7 Å². The summed E-state index contributed by atoms with van der Waals surface area (Å²) in [6, 6.07) is 14.8. The van der Waals surface area contributed by atoms with Gasteiger partial charge in [-0.25, -0.2) is 4.58 Å². The Kier molecular flexibility index (Phi) is 2.63. The third-order valence-electron chi connectivity index (χ3n) is 3.18. The van der Waals surface area contributed by atoms with E-state index in [1.807, 2.05) is 13.1 Å². The van der Waals surface area contributed by atoms with Crippen LogP contribution < -0.4 is 4.74 Å². The fourth-order valence-corrected chi connectivity index (χ4v) is 2.33. The highest BCUT2D eigenvalue weighted by atomic mass is 16.5. The molecule has 18 heavy (non-hydrogen) atoms. The second-order valence-corrected chi connectivity index (χ2v) is 4.74. The van der Waals surface area contributed by atoms with E-state index in [1.165, 1.54) is 16.7 Å². The summed E-state index contributed by atoms with van der Waals surface area (Å²) in [4.78, 5) is 0. The van der Waals surface area contributed by atoms with Crippen molar-refractivity contribution in [1.29, 1.82) is 0 Å². The van der Waals surface area contributed by atoms with E-state index >= 15 is 0 Å². The molecule has 1 aliphatic heterocycles. The maximum atomic E-state index is 5.75. The molecule has 0 spiro atoms. The maximum Gasteiger partial charge on any atom is 0.286 e.